The maximum absolute atomic E-state index is 13.2. The number of piperidine rings is 1. The number of para-hydroxylation sites is 1. The van der Waals surface area contributed by atoms with Crippen molar-refractivity contribution >= 4 is 17.5 Å². The van der Waals surface area contributed by atoms with Gasteiger partial charge in [0, 0.05) is 50.5 Å². The van der Waals surface area contributed by atoms with Crippen molar-refractivity contribution in [1.29, 1.82) is 10.8 Å². The second-order valence-electron chi connectivity index (χ2n) is 15.0. The summed E-state index contributed by atoms with van der Waals surface area (Å²) >= 11 is 0. The zero-order valence-corrected chi connectivity index (χ0v) is 31.3. The molecule has 13 heteroatoms. The van der Waals surface area contributed by atoms with Gasteiger partial charge in [0.05, 0.1) is 31.2 Å². The number of hydrogen-bond acceptors (Lipinski definition) is 11. The Morgan fingerprint density at radius 1 is 1.06 bits per heavy atom. The highest BCUT2D eigenvalue weighted by Gasteiger charge is 2.41. The lowest BCUT2D eigenvalue weighted by Crippen LogP contribution is -2.43. The number of benzene rings is 1. The number of aromatic hydroxyl groups is 1. The Balaban J connectivity index is 0.905. The molecule has 2 atom stereocenters. The Kier molecular flexibility index (Phi) is 14.1. The van der Waals surface area contributed by atoms with Crippen molar-refractivity contribution in [1.82, 2.24) is 19.9 Å². The first-order valence-electron chi connectivity index (χ1n) is 19.0. The maximum atomic E-state index is 13.2. The van der Waals surface area contributed by atoms with E-state index in [1.165, 1.54) is 6.42 Å². The number of carbonyl (C=O) groups is 1. The molecular formula is C39H59N7O6. The van der Waals surface area contributed by atoms with E-state index in [-0.39, 0.29) is 41.1 Å². The van der Waals surface area contributed by atoms with Crippen LogP contribution in [0.3, 0.4) is 0 Å². The molecule has 3 fully saturated rings. The minimum absolute atomic E-state index is 0.0474. The summed E-state index contributed by atoms with van der Waals surface area (Å²) in [6, 6.07) is 8.76. The average molecular weight is 722 g/mol. The van der Waals surface area contributed by atoms with Crippen LogP contribution in [0.5, 0.6) is 11.6 Å². The fraction of sp³-hybridized carbons (Fsp3) is 0.641. The van der Waals surface area contributed by atoms with E-state index >= 15 is 0 Å². The Bertz CT molecular complexity index is 1520. The van der Waals surface area contributed by atoms with Crippen molar-refractivity contribution < 1.29 is 28.6 Å². The third kappa shape index (κ3) is 10.3. The highest BCUT2D eigenvalue weighted by molar-refractivity contribution is 6.12. The molecule has 3 saturated heterocycles. The zero-order valence-electron chi connectivity index (χ0n) is 31.3. The van der Waals surface area contributed by atoms with Crippen LogP contribution >= 0.6 is 0 Å². The molecule has 0 radical (unpaired) electrons. The normalized spacial score (nSPS) is 19.8. The van der Waals surface area contributed by atoms with E-state index in [9.17, 15) is 9.90 Å². The monoisotopic (exact) mass is 721 g/mol. The van der Waals surface area contributed by atoms with Gasteiger partial charge in [-0.3, -0.25) is 10.2 Å². The summed E-state index contributed by atoms with van der Waals surface area (Å²) in [7, 11) is 0. The number of ether oxygens (including phenoxy) is 3. The molecule has 0 saturated carbocycles. The minimum Gasteiger partial charge on any atom is -0.507 e. The van der Waals surface area contributed by atoms with E-state index in [0.717, 1.165) is 77.8 Å². The zero-order chi connectivity index (χ0) is 37.1. The number of allylic oxidation sites excluding steroid dienone is 1. The molecule has 286 valence electrons. The van der Waals surface area contributed by atoms with Crippen LogP contribution < -0.4 is 10.5 Å². The van der Waals surface area contributed by atoms with E-state index in [2.05, 4.69) is 21.9 Å². The Morgan fingerprint density at radius 2 is 1.77 bits per heavy atom. The first-order chi connectivity index (χ1) is 25.1. The first kappa shape index (κ1) is 39.3. The topological polar surface area (TPSA) is 174 Å². The molecule has 3 aliphatic rings. The van der Waals surface area contributed by atoms with Gasteiger partial charge < -0.3 is 49.7 Å². The van der Waals surface area contributed by atoms with Crippen molar-refractivity contribution in [3.05, 3.63) is 53.4 Å². The second kappa shape index (κ2) is 18.7. The molecule has 1 spiro atoms. The van der Waals surface area contributed by atoms with E-state index in [4.69, 9.17) is 35.3 Å². The summed E-state index contributed by atoms with van der Waals surface area (Å²) in [6.45, 7) is 14.3. The number of amides is 1. The van der Waals surface area contributed by atoms with E-state index in [1.807, 2.05) is 18.7 Å². The van der Waals surface area contributed by atoms with Crippen LogP contribution in [0.4, 0.5) is 0 Å². The molecule has 5 N–H and O–H groups in total. The van der Waals surface area contributed by atoms with Crippen molar-refractivity contribution in [3.8, 4) is 11.6 Å². The standard InChI is InChI=1S/C39H59N7O6/c1-28(2)36(38(48)46-16-8-9-29(46)3)34-26-35(43-52-34)51-24-23-50-22-21-49-20-7-6-15-44-17-12-39(27-44)13-18-45(19-14-39)32(37(41)42)25-31(40)30-10-4-5-11-33(30)47/h4-5,10-11,25-26,28-29,36,40,47H,6-9,12-24,27H2,1-3H3,(H3,41,42)/b32-25+,40-31?. The molecule has 13 nitrogen and oxygen atoms in total. The number of aromatic nitrogens is 1. The average Bonchev–Trinajstić information content (AvgIpc) is 3.87. The lowest BCUT2D eigenvalue weighted by Gasteiger charge is -2.41. The molecule has 5 rings (SSSR count). The largest absolute Gasteiger partial charge is 0.507 e. The molecule has 0 bridgehead atoms. The number of likely N-dealkylation sites (tertiary alicyclic amines) is 3. The van der Waals surface area contributed by atoms with E-state index in [1.54, 1.807) is 36.4 Å². The predicted octanol–water partition coefficient (Wildman–Crippen LogP) is 5.00. The van der Waals surface area contributed by atoms with Crippen LogP contribution in [-0.4, -0.2) is 121 Å². The van der Waals surface area contributed by atoms with Gasteiger partial charge in [-0.25, -0.2) is 0 Å². The maximum Gasteiger partial charge on any atom is 0.254 e. The number of carbonyl (C=O) groups excluding carboxylic acids is 1. The molecule has 1 aromatic heterocycles. The third-order valence-corrected chi connectivity index (χ3v) is 10.9. The SMILES string of the molecule is CC(C)C(C(=O)N1CCCC1C)c1cc(OCCOCCOCCCCN2CCC3(CCN(/C(=C/C(=N)c4ccccc4O)C(=N)N)CC3)C2)no1. The van der Waals surface area contributed by atoms with E-state index < -0.39 is 0 Å². The third-order valence-electron chi connectivity index (χ3n) is 10.9. The van der Waals surface area contributed by atoms with Crippen LogP contribution in [0.2, 0.25) is 0 Å². The van der Waals surface area contributed by atoms with Crippen LogP contribution in [0.25, 0.3) is 0 Å². The van der Waals surface area contributed by atoms with Crippen molar-refractivity contribution in [3.63, 3.8) is 0 Å². The van der Waals surface area contributed by atoms with Gasteiger partial charge >= 0.3 is 0 Å². The van der Waals surface area contributed by atoms with Crippen molar-refractivity contribution in [2.24, 2.45) is 17.1 Å². The fourth-order valence-electron chi connectivity index (χ4n) is 7.83. The quantitative estimate of drug-likeness (QED) is 0.0878. The molecule has 52 heavy (non-hydrogen) atoms. The first-order valence-corrected chi connectivity index (χ1v) is 19.0. The predicted molar refractivity (Wildman–Crippen MR) is 200 cm³/mol. The summed E-state index contributed by atoms with van der Waals surface area (Å²) in [5.74, 6) is 0.737. The van der Waals surface area contributed by atoms with Crippen LogP contribution in [0.1, 0.15) is 83.0 Å². The van der Waals surface area contributed by atoms with Crippen LogP contribution in [-0.2, 0) is 14.3 Å². The summed E-state index contributed by atoms with van der Waals surface area (Å²) in [5, 5.41) is 30.8. The number of rotatable bonds is 19. The second-order valence-corrected chi connectivity index (χ2v) is 15.0. The highest BCUT2D eigenvalue weighted by atomic mass is 16.6. The van der Waals surface area contributed by atoms with E-state index in [0.29, 0.717) is 61.4 Å². The molecule has 0 aliphatic carbocycles. The van der Waals surface area contributed by atoms with Crippen LogP contribution in [0, 0.1) is 22.2 Å². The number of phenolic OH excluding ortho intramolecular Hbond substituents is 1. The Morgan fingerprint density at radius 3 is 2.46 bits per heavy atom. The van der Waals surface area contributed by atoms with Crippen molar-refractivity contribution in [2.75, 3.05) is 72.3 Å². The number of nitrogens with zero attached hydrogens (tertiary/aromatic N) is 4. The lowest BCUT2D eigenvalue weighted by atomic mass is 9.77. The minimum atomic E-state index is -0.368. The van der Waals surface area contributed by atoms with Gasteiger partial charge in [-0.2, -0.15) is 0 Å². The molecule has 4 heterocycles. The number of nitrogens with one attached hydrogen (secondary N) is 2. The van der Waals surface area contributed by atoms with Gasteiger partial charge in [-0.15, -0.1) is 0 Å². The number of nitrogens with two attached hydrogens (primary N) is 1. The van der Waals surface area contributed by atoms with Gasteiger partial charge in [0.2, 0.25) is 5.91 Å². The molecule has 2 unspecified atom stereocenters. The van der Waals surface area contributed by atoms with Crippen LogP contribution in [0.15, 0.2) is 46.6 Å². The summed E-state index contributed by atoms with van der Waals surface area (Å²) in [5.41, 5.74) is 7.37. The smallest absolute Gasteiger partial charge is 0.254 e. The summed E-state index contributed by atoms with van der Waals surface area (Å²) in [6.07, 6.45) is 9.02. The Labute approximate surface area is 308 Å². The van der Waals surface area contributed by atoms with Gasteiger partial charge in [-0.05, 0) is 99.7 Å². The number of phenols is 1. The van der Waals surface area contributed by atoms with Gasteiger partial charge in [-0.1, -0.05) is 26.0 Å². The molecular weight excluding hydrogens is 662 g/mol. The number of unbranched alkanes of at least 4 members (excludes halogenated alkanes) is 1. The molecule has 2 aromatic rings. The molecule has 1 amide bonds. The fourth-order valence-corrected chi connectivity index (χ4v) is 7.83. The highest BCUT2D eigenvalue weighted by Crippen LogP contribution is 2.41. The Hall–Kier alpha value is -3.94. The van der Waals surface area contributed by atoms with Crippen molar-refractivity contribution in [2.45, 2.75) is 77.7 Å². The molecule has 1 aromatic carbocycles. The van der Waals surface area contributed by atoms with Gasteiger partial charge in [0.25, 0.3) is 5.88 Å². The van der Waals surface area contributed by atoms with Gasteiger partial charge in [0.15, 0.2) is 5.76 Å². The summed E-state index contributed by atoms with van der Waals surface area (Å²) < 4.78 is 22.7. The lowest BCUT2D eigenvalue weighted by molar-refractivity contribution is -0.134. The van der Waals surface area contributed by atoms with Gasteiger partial charge in [0.1, 0.15) is 24.1 Å². The number of hydrogen-bond donors (Lipinski definition) is 4. The summed E-state index contributed by atoms with van der Waals surface area (Å²) in [4.78, 5) is 19.9. The number of amidine groups is 1. The molecule has 3 aliphatic heterocycles.